The molecule has 0 spiro atoms. The molecule has 0 amide bonds. The van der Waals surface area contributed by atoms with E-state index in [1.807, 2.05) is 33.8 Å². The second-order valence-electron chi connectivity index (χ2n) is 16.1. The number of rotatable bonds is 4. The van der Waals surface area contributed by atoms with E-state index >= 15 is 0 Å². The minimum absolute atomic E-state index is 0.136. The first kappa shape index (κ1) is 37.2. The Hall–Kier alpha value is -6.38. The highest BCUT2D eigenvalue weighted by Gasteiger charge is 2.46. The molecule has 0 bridgehead atoms. The molecule has 0 N–H and O–H groups in total. The molecular formula is C56H51NO. The van der Waals surface area contributed by atoms with Gasteiger partial charge in [0.1, 0.15) is 5.58 Å². The number of benzene rings is 8. The zero-order chi connectivity index (χ0) is 40.3. The highest BCUT2D eigenvalue weighted by molar-refractivity contribution is 6.10. The van der Waals surface area contributed by atoms with Gasteiger partial charge in [-0.15, -0.1) is 0 Å². The fourth-order valence-electron chi connectivity index (χ4n) is 9.90. The zero-order valence-corrected chi connectivity index (χ0v) is 34.9. The van der Waals surface area contributed by atoms with Gasteiger partial charge in [-0.1, -0.05) is 183 Å². The lowest BCUT2D eigenvalue weighted by Crippen LogP contribution is -2.24. The predicted octanol–water partition coefficient (Wildman–Crippen LogP) is 16.5. The van der Waals surface area contributed by atoms with E-state index in [1.54, 1.807) is 0 Å². The van der Waals surface area contributed by atoms with Crippen LogP contribution in [-0.2, 0) is 10.8 Å². The topological polar surface area (TPSA) is 16.4 Å². The zero-order valence-electron chi connectivity index (χ0n) is 34.9. The number of para-hydroxylation sites is 2. The second kappa shape index (κ2) is 14.2. The Bertz CT molecular complexity index is 3000. The van der Waals surface area contributed by atoms with Crippen molar-refractivity contribution in [1.82, 2.24) is 0 Å². The third-order valence-corrected chi connectivity index (χ3v) is 12.4. The lowest BCUT2D eigenvalue weighted by molar-refractivity contribution is 0.601. The van der Waals surface area contributed by atoms with Crippen LogP contribution in [0.5, 0.6) is 0 Å². The Balaban J connectivity index is 0.00000106. The summed E-state index contributed by atoms with van der Waals surface area (Å²) in [6.07, 6.45) is 0. The first-order valence-electron chi connectivity index (χ1n) is 21.0. The Morgan fingerprint density at radius 1 is 0.431 bits per heavy atom. The van der Waals surface area contributed by atoms with Crippen molar-refractivity contribution in [2.24, 2.45) is 0 Å². The third kappa shape index (κ3) is 5.46. The van der Waals surface area contributed by atoms with Crippen LogP contribution < -0.4 is 4.90 Å². The van der Waals surface area contributed by atoms with Gasteiger partial charge in [-0.25, -0.2) is 0 Å². The van der Waals surface area contributed by atoms with Crippen LogP contribution in [0, 0.1) is 0 Å². The van der Waals surface area contributed by atoms with E-state index in [2.05, 4.69) is 190 Å². The molecular weight excluding hydrogens is 703 g/mol. The average molecular weight is 754 g/mol. The van der Waals surface area contributed by atoms with Gasteiger partial charge in [0.15, 0.2) is 5.58 Å². The number of hydrogen-bond acceptors (Lipinski definition) is 2. The van der Waals surface area contributed by atoms with Gasteiger partial charge < -0.3 is 9.32 Å². The van der Waals surface area contributed by atoms with Crippen molar-refractivity contribution in [1.29, 1.82) is 0 Å². The van der Waals surface area contributed by atoms with Crippen LogP contribution in [0.4, 0.5) is 17.1 Å². The molecule has 1 heterocycles. The molecule has 2 aliphatic rings. The minimum atomic E-state index is -0.232. The van der Waals surface area contributed by atoms with Crippen LogP contribution in [-0.4, -0.2) is 0 Å². The van der Waals surface area contributed by atoms with Crippen molar-refractivity contribution < 1.29 is 4.42 Å². The summed E-state index contributed by atoms with van der Waals surface area (Å²) in [7, 11) is 0. The van der Waals surface area contributed by atoms with E-state index in [0.29, 0.717) is 0 Å². The van der Waals surface area contributed by atoms with Crippen molar-refractivity contribution in [3.05, 3.63) is 186 Å². The Kier molecular flexibility index (Phi) is 9.12. The lowest BCUT2D eigenvalue weighted by atomic mass is 9.72. The molecule has 0 fully saturated rings. The monoisotopic (exact) mass is 753 g/mol. The molecule has 2 aliphatic carbocycles. The molecule has 0 unspecified atom stereocenters. The smallest absolute Gasteiger partial charge is 0.159 e. The Labute approximate surface area is 343 Å². The molecule has 9 aromatic rings. The summed E-state index contributed by atoms with van der Waals surface area (Å²) in [5, 5.41) is 4.88. The maximum atomic E-state index is 6.70. The van der Waals surface area contributed by atoms with Gasteiger partial charge in [-0.05, 0) is 103 Å². The van der Waals surface area contributed by atoms with Crippen LogP contribution in [0.2, 0.25) is 0 Å². The van der Waals surface area contributed by atoms with Crippen molar-refractivity contribution in [2.75, 3.05) is 4.90 Å². The van der Waals surface area contributed by atoms with Crippen LogP contribution >= 0.6 is 0 Å². The van der Waals surface area contributed by atoms with Gasteiger partial charge in [0.2, 0.25) is 0 Å². The maximum absolute atomic E-state index is 6.70. The third-order valence-electron chi connectivity index (χ3n) is 12.4. The predicted molar refractivity (Wildman–Crippen MR) is 249 cm³/mol. The molecule has 1 aromatic heterocycles. The lowest BCUT2D eigenvalue weighted by Gasteiger charge is -2.31. The first-order valence-corrected chi connectivity index (χ1v) is 21.0. The van der Waals surface area contributed by atoms with Gasteiger partial charge in [0.25, 0.3) is 0 Å². The molecule has 11 rings (SSSR count). The molecule has 8 aromatic carbocycles. The number of hydrogen-bond donors (Lipinski definition) is 0. The van der Waals surface area contributed by atoms with E-state index in [4.69, 9.17) is 4.42 Å². The summed E-state index contributed by atoms with van der Waals surface area (Å²) >= 11 is 0. The highest BCUT2D eigenvalue weighted by Crippen LogP contribution is 2.60. The van der Waals surface area contributed by atoms with Crippen molar-refractivity contribution in [3.8, 4) is 33.4 Å². The van der Waals surface area contributed by atoms with E-state index in [1.165, 1.54) is 66.4 Å². The standard InChI is InChI=1S/C52H39NO.2C2H6/c1-51(2)43-29-24-33-16-8-9-19-37(33)47(43)42-28-27-40-38-26-25-36(31-44(38)52(3,4)48(40)49(42)51)53(35-18-12-17-34(30-35)32-14-6-5-7-15-32)45-22-13-21-41-39-20-10-11-23-46(39)54-50(41)45;2*1-2/h5-31H,1-4H3;2*1-2H3. The van der Waals surface area contributed by atoms with E-state index in [9.17, 15) is 0 Å². The number of anilines is 3. The summed E-state index contributed by atoms with van der Waals surface area (Å²) in [6, 6.07) is 59.9. The molecule has 0 radical (unpaired) electrons. The molecule has 0 saturated carbocycles. The van der Waals surface area contributed by atoms with Crippen LogP contribution in [0.3, 0.4) is 0 Å². The SMILES string of the molecule is CC.CC.CC1(C)c2cc(N(c3cccc(-c4ccccc4)c3)c3cccc4c3oc3ccccc34)ccc2-c2ccc3c(c21)C(C)(C)c1ccc2ccccc2c1-3. The molecule has 0 aliphatic heterocycles. The maximum Gasteiger partial charge on any atom is 0.159 e. The Morgan fingerprint density at radius 3 is 1.84 bits per heavy atom. The summed E-state index contributed by atoms with van der Waals surface area (Å²) in [4.78, 5) is 2.40. The van der Waals surface area contributed by atoms with Crippen molar-refractivity contribution in [2.45, 2.75) is 66.2 Å². The summed E-state index contributed by atoms with van der Waals surface area (Å²) in [5.41, 5.74) is 18.1. The average Bonchev–Trinajstić information content (AvgIpc) is 3.85. The Morgan fingerprint density at radius 2 is 1.03 bits per heavy atom. The van der Waals surface area contributed by atoms with Crippen molar-refractivity contribution in [3.63, 3.8) is 0 Å². The number of furan rings is 1. The minimum Gasteiger partial charge on any atom is -0.454 e. The number of nitrogens with zero attached hydrogens (tertiary/aromatic N) is 1. The highest BCUT2D eigenvalue weighted by atomic mass is 16.3. The quantitative estimate of drug-likeness (QED) is 0.178. The van der Waals surface area contributed by atoms with Gasteiger partial charge in [0, 0.05) is 33.0 Å². The van der Waals surface area contributed by atoms with Gasteiger partial charge in [-0.2, -0.15) is 0 Å². The normalized spacial score (nSPS) is 13.8. The second-order valence-corrected chi connectivity index (χ2v) is 16.1. The molecule has 0 saturated heterocycles. The van der Waals surface area contributed by atoms with E-state index in [-0.39, 0.29) is 10.8 Å². The molecule has 286 valence electrons. The summed E-state index contributed by atoms with van der Waals surface area (Å²) in [6.45, 7) is 17.7. The summed E-state index contributed by atoms with van der Waals surface area (Å²) in [5.74, 6) is 0. The molecule has 0 atom stereocenters. The molecule has 2 heteroatoms. The van der Waals surface area contributed by atoms with Gasteiger partial charge in [0.05, 0.1) is 5.69 Å². The summed E-state index contributed by atoms with van der Waals surface area (Å²) < 4.78 is 6.70. The van der Waals surface area contributed by atoms with Crippen LogP contribution in [0.25, 0.3) is 66.1 Å². The largest absolute Gasteiger partial charge is 0.454 e. The fraction of sp³-hybridized carbons (Fsp3) is 0.179. The van der Waals surface area contributed by atoms with E-state index < -0.39 is 0 Å². The molecule has 2 nitrogen and oxygen atoms in total. The van der Waals surface area contributed by atoms with Crippen LogP contribution in [0.1, 0.15) is 77.6 Å². The van der Waals surface area contributed by atoms with Crippen molar-refractivity contribution >= 4 is 49.8 Å². The van der Waals surface area contributed by atoms with Crippen LogP contribution in [0.15, 0.2) is 168 Å². The first-order chi connectivity index (χ1) is 28.3. The molecule has 58 heavy (non-hydrogen) atoms. The fourth-order valence-corrected chi connectivity index (χ4v) is 9.90. The van der Waals surface area contributed by atoms with Gasteiger partial charge in [-0.3, -0.25) is 0 Å². The number of fused-ring (bicyclic) bond motifs is 12. The van der Waals surface area contributed by atoms with E-state index in [0.717, 1.165) is 39.0 Å². The van der Waals surface area contributed by atoms with Gasteiger partial charge >= 0.3 is 0 Å².